The maximum absolute atomic E-state index is 13.3. The smallest absolute Gasteiger partial charge is 0.406 e. The van der Waals surface area contributed by atoms with Crippen LogP contribution in [0.5, 0.6) is 0 Å². The molecule has 2 N–H and O–H groups in total. The minimum absolute atomic E-state index is 0.0641. The molecule has 0 unspecified atom stereocenters. The highest BCUT2D eigenvalue weighted by atomic mass is 16.5. The van der Waals surface area contributed by atoms with Gasteiger partial charge in [0, 0.05) is 55.6 Å². The third-order valence-electron chi connectivity index (χ3n) is 5.96. The SMILES string of the molecule is COC(=O)NCCCn1cc([C@H](C)N(C(=O)[C@H]2CNCCO2)C2CC2)c2cccnc21. The van der Waals surface area contributed by atoms with Gasteiger partial charge < -0.3 is 29.6 Å². The first kappa shape index (κ1) is 21.6. The highest BCUT2D eigenvalue weighted by Crippen LogP contribution is 2.37. The van der Waals surface area contributed by atoms with Crippen LogP contribution in [0.1, 0.15) is 37.8 Å². The Kier molecular flexibility index (Phi) is 6.72. The molecule has 0 radical (unpaired) electrons. The summed E-state index contributed by atoms with van der Waals surface area (Å²) in [6.07, 6.45) is 5.85. The van der Waals surface area contributed by atoms with Gasteiger partial charge in [-0.05, 0) is 38.3 Å². The normalized spacial score (nSPS) is 19.7. The molecule has 4 rings (SSSR count). The summed E-state index contributed by atoms with van der Waals surface area (Å²) >= 11 is 0. The molecule has 2 aromatic heterocycles. The minimum atomic E-state index is -0.428. The summed E-state index contributed by atoms with van der Waals surface area (Å²) in [5.41, 5.74) is 1.98. The number of nitrogens with zero attached hydrogens (tertiary/aromatic N) is 3. The number of hydrogen-bond acceptors (Lipinski definition) is 6. The Bertz CT molecular complexity index is 920. The second-order valence-corrected chi connectivity index (χ2v) is 8.14. The molecular weight excluding hydrogens is 398 g/mol. The predicted molar refractivity (Wildman–Crippen MR) is 116 cm³/mol. The van der Waals surface area contributed by atoms with Crippen molar-refractivity contribution < 1.29 is 19.1 Å². The summed E-state index contributed by atoms with van der Waals surface area (Å²) in [7, 11) is 1.35. The van der Waals surface area contributed by atoms with Crippen LogP contribution in [0, 0.1) is 0 Å². The molecule has 1 aliphatic carbocycles. The highest BCUT2D eigenvalue weighted by molar-refractivity contribution is 5.85. The summed E-state index contributed by atoms with van der Waals surface area (Å²) in [6, 6.07) is 4.18. The number of alkyl carbamates (subject to hydrolysis) is 1. The third-order valence-corrected chi connectivity index (χ3v) is 5.96. The van der Waals surface area contributed by atoms with Gasteiger partial charge in [0.1, 0.15) is 11.8 Å². The van der Waals surface area contributed by atoms with Crippen LogP contribution >= 0.6 is 0 Å². The van der Waals surface area contributed by atoms with Crippen molar-refractivity contribution in [2.75, 3.05) is 33.4 Å². The van der Waals surface area contributed by atoms with Crippen LogP contribution < -0.4 is 10.6 Å². The molecule has 0 spiro atoms. The quantitative estimate of drug-likeness (QED) is 0.622. The Morgan fingerprint density at radius 3 is 3.00 bits per heavy atom. The van der Waals surface area contributed by atoms with Gasteiger partial charge in [-0.2, -0.15) is 0 Å². The second-order valence-electron chi connectivity index (χ2n) is 8.14. The molecule has 168 valence electrons. The summed E-state index contributed by atoms with van der Waals surface area (Å²) in [4.78, 5) is 31.2. The molecule has 1 aliphatic heterocycles. The van der Waals surface area contributed by atoms with Gasteiger partial charge in [0.25, 0.3) is 5.91 Å². The van der Waals surface area contributed by atoms with Gasteiger partial charge in [0.15, 0.2) is 0 Å². The fourth-order valence-corrected chi connectivity index (χ4v) is 4.25. The third kappa shape index (κ3) is 4.83. The van der Waals surface area contributed by atoms with Gasteiger partial charge in [-0.1, -0.05) is 0 Å². The van der Waals surface area contributed by atoms with E-state index < -0.39 is 12.2 Å². The molecule has 1 saturated heterocycles. The van der Waals surface area contributed by atoms with Crippen LogP contribution in [0.25, 0.3) is 11.0 Å². The number of rotatable bonds is 8. The zero-order valence-corrected chi connectivity index (χ0v) is 18.2. The molecule has 2 amide bonds. The molecular formula is C22H31N5O4. The number of ether oxygens (including phenoxy) is 2. The Hall–Kier alpha value is -2.65. The van der Waals surface area contributed by atoms with Crippen molar-refractivity contribution in [2.24, 2.45) is 0 Å². The van der Waals surface area contributed by atoms with Crippen LogP contribution in [0.15, 0.2) is 24.5 Å². The van der Waals surface area contributed by atoms with Crippen molar-refractivity contribution in [2.45, 2.75) is 50.9 Å². The second kappa shape index (κ2) is 9.65. The van der Waals surface area contributed by atoms with Crippen LogP contribution in [-0.4, -0.2) is 71.9 Å². The van der Waals surface area contributed by atoms with Gasteiger partial charge in [0.2, 0.25) is 0 Å². The van der Waals surface area contributed by atoms with E-state index in [4.69, 9.17) is 4.74 Å². The maximum Gasteiger partial charge on any atom is 0.406 e. The Labute approximate surface area is 182 Å². The van der Waals surface area contributed by atoms with E-state index in [9.17, 15) is 9.59 Å². The summed E-state index contributed by atoms with van der Waals surface area (Å²) in [6.45, 7) is 5.22. The van der Waals surface area contributed by atoms with E-state index in [0.29, 0.717) is 26.2 Å². The van der Waals surface area contributed by atoms with E-state index in [1.165, 1.54) is 7.11 Å². The molecule has 31 heavy (non-hydrogen) atoms. The summed E-state index contributed by atoms with van der Waals surface area (Å²) < 4.78 is 12.5. The fourth-order valence-electron chi connectivity index (χ4n) is 4.25. The number of aryl methyl sites for hydroxylation is 1. The number of pyridine rings is 1. The van der Waals surface area contributed by atoms with Crippen molar-refractivity contribution in [1.29, 1.82) is 0 Å². The Morgan fingerprint density at radius 2 is 2.29 bits per heavy atom. The lowest BCUT2D eigenvalue weighted by Crippen LogP contribution is -2.50. The van der Waals surface area contributed by atoms with Gasteiger partial charge >= 0.3 is 6.09 Å². The molecule has 3 heterocycles. The van der Waals surface area contributed by atoms with Crippen molar-refractivity contribution in [3.63, 3.8) is 0 Å². The molecule has 2 aliphatic rings. The average Bonchev–Trinajstić information content (AvgIpc) is 3.57. The lowest BCUT2D eigenvalue weighted by atomic mass is 10.1. The fraction of sp³-hybridized carbons (Fsp3) is 0.591. The van der Waals surface area contributed by atoms with E-state index in [-0.39, 0.29) is 18.0 Å². The molecule has 0 aromatic carbocycles. The number of amides is 2. The largest absolute Gasteiger partial charge is 0.453 e. The zero-order valence-electron chi connectivity index (χ0n) is 18.2. The van der Waals surface area contributed by atoms with Gasteiger partial charge in [-0.3, -0.25) is 4.79 Å². The first-order chi connectivity index (χ1) is 15.1. The summed E-state index contributed by atoms with van der Waals surface area (Å²) in [5, 5.41) is 7.02. The standard InChI is InChI=1S/C22H31N5O4/c1-15(27(16-6-7-16)21(28)19-13-23-10-12-31-19)18-14-26(11-4-9-25-22(29)30-2)20-17(18)5-3-8-24-20/h3,5,8,14-16,19,23H,4,6-7,9-13H2,1-2H3,(H,25,29)/t15-,19+/m0/s1. The maximum atomic E-state index is 13.3. The monoisotopic (exact) mass is 429 g/mol. The number of nitrogens with one attached hydrogen (secondary N) is 2. The number of aromatic nitrogens is 2. The molecule has 9 nitrogen and oxygen atoms in total. The molecule has 2 fully saturated rings. The number of hydrogen-bond donors (Lipinski definition) is 2. The Morgan fingerprint density at radius 1 is 1.45 bits per heavy atom. The topological polar surface area (TPSA) is 97.7 Å². The number of carbonyl (C=O) groups is 2. The highest BCUT2D eigenvalue weighted by Gasteiger charge is 2.40. The van der Waals surface area contributed by atoms with E-state index in [1.807, 2.05) is 11.0 Å². The lowest BCUT2D eigenvalue weighted by molar-refractivity contribution is -0.148. The van der Waals surface area contributed by atoms with Crippen LogP contribution in [0.2, 0.25) is 0 Å². The van der Waals surface area contributed by atoms with E-state index in [0.717, 1.165) is 42.4 Å². The van der Waals surface area contributed by atoms with E-state index in [1.54, 1.807) is 6.20 Å². The number of morpholine rings is 1. The molecule has 2 aromatic rings. The first-order valence-electron chi connectivity index (χ1n) is 11.0. The van der Waals surface area contributed by atoms with Gasteiger partial charge in [-0.15, -0.1) is 0 Å². The minimum Gasteiger partial charge on any atom is -0.453 e. The van der Waals surface area contributed by atoms with Crippen molar-refractivity contribution in [1.82, 2.24) is 25.1 Å². The Balaban J connectivity index is 1.54. The lowest BCUT2D eigenvalue weighted by Gasteiger charge is -2.34. The first-order valence-corrected chi connectivity index (χ1v) is 11.0. The molecule has 1 saturated carbocycles. The van der Waals surface area contributed by atoms with Crippen LogP contribution in [0.3, 0.4) is 0 Å². The van der Waals surface area contributed by atoms with E-state index >= 15 is 0 Å². The molecule has 0 bridgehead atoms. The predicted octanol–water partition coefficient (Wildman–Crippen LogP) is 1.82. The van der Waals surface area contributed by atoms with Crippen LogP contribution in [-0.2, 0) is 20.8 Å². The van der Waals surface area contributed by atoms with Crippen LogP contribution in [0.4, 0.5) is 4.79 Å². The average molecular weight is 430 g/mol. The molecule has 2 atom stereocenters. The molecule has 9 heteroatoms. The summed E-state index contributed by atoms with van der Waals surface area (Å²) in [5.74, 6) is 0.0641. The van der Waals surface area contributed by atoms with Crippen molar-refractivity contribution >= 4 is 23.0 Å². The van der Waals surface area contributed by atoms with Gasteiger partial charge in [0.05, 0.1) is 19.8 Å². The number of carbonyl (C=O) groups excluding carboxylic acids is 2. The van der Waals surface area contributed by atoms with Crippen molar-refractivity contribution in [3.8, 4) is 0 Å². The van der Waals surface area contributed by atoms with Gasteiger partial charge in [-0.25, -0.2) is 9.78 Å². The number of fused-ring (bicyclic) bond motifs is 1. The van der Waals surface area contributed by atoms with Crippen molar-refractivity contribution in [3.05, 3.63) is 30.1 Å². The van der Waals surface area contributed by atoms with E-state index in [2.05, 4.69) is 44.1 Å². The number of methoxy groups -OCH3 is 1. The zero-order chi connectivity index (χ0) is 21.8.